The first-order chi connectivity index (χ1) is 7.03. The molecule has 2 unspecified atom stereocenters. The highest BCUT2D eigenvalue weighted by atomic mass is 16.3. The second kappa shape index (κ2) is 5.11. The van der Waals surface area contributed by atoms with E-state index in [2.05, 4.69) is 6.92 Å². The van der Waals surface area contributed by atoms with E-state index >= 15 is 0 Å². The number of rotatable bonds is 4. The molecule has 0 aromatic carbocycles. The topological polar surface area (TPSA) is 37.3 Å². The first-order valence-corrected chi connectivity index (χ1v) is 6.30. The minimum absolute atomic E-state index is 0.0963. The van der Waals surface area contributed by atoms with Gasteiger partial charge in [-0.15, -0.1) is 0 Å². The van der Waals surface area contributed by atoms with Crippen molar-refractivity contribution in [2.45, 2.75) is 64.9 Å². The summed E-state index contributed by atoms with van der Waals surface area (Å²) >= 11 is 0. The fourth-order valence-electron chi connectivity index (χ4n) is 2.65. The lowest BCUT2D eigenvalue weighted by Crippen LogP contribution is -2.42. The maximum atomic E-state index is 12.2. The molecule has 2 heteroatoms. The van der Waals surface area contributed by atoms with E-state index in [-0.39, 0.29) is 11.7 Å². The summed E-state index contributed by atoms with van der Waals surface area (Å²) in [4.78, 5) is 12.2. The maximum Gasteiger partial charge on any atom is 0.167 e. The third kappa shape index (κ3) is 2.81. The van der Waals surface area contributed by atoms with E-state index in [1.54, 1.807) is 0 Å². The Morgan fingerprint density at radius 3 is 2.40 bits per heavy atom. The number of hydrogen-bond acceptors (Lipinski definition) is 2. The van der Waals surface area contributed by atoms with Gasteiger partial charge in [-0.3, -0.25) is 4.79 Å². The van der Waals surface area contributed by atoms with Crippen LogP contribution in [-0.2, 0) is 4.79 Å². The van der Waals surface area contributed by atoms with Crippen LogP contribution in [0.5, 0.6) is 0 Å². The highest BCUT2D eigenvalue weighted by Gasteiger charge is 2.38. The Labute approximate surface area is 93.1 Å². The quantitative estimate of drug-likeness (QED) is 0.778. The van der Waals surface area contributed by atoms with Gasteiger partial charge in [0.15, 0.2) is 5.78 Å². The Morgan fingerprint density at radius 1 is 1.33 bits per heavy atom. The Kier molecular flexibility index (Phi) is 4.32. The average molecular weight is 212 g/mol. The normalized spacial score (nSPS) is 27.7. The van der Waals surface area contributed by atoms with Crippen LogP contribution in [0, 0.1) is 11.8 Å². The summed E-state index contributed by atoms with van der Waals surface area (Å²) < 4.78 is 0. The highest BCUT2D eigenvalue weighted by Crippen LogP contribution is 2.33. The van der Waals surface area contributed by atoms with Gasteiger partial charge in [0.25, 0.3) is 0 Å². The van der Waals surface area contributed by atoms with Gasteiger partial charge < -0.3 is 5.11 Å². The van der Waals surface area contributed by atoms with Crippen molar-refractivity contribution in [1.82, 2.24) is 0 Å². The second-order valence-corrected chi connectivity index (χ2v) is 5.07. The van der Waals surface area contributed by atoms with Crippen LogP contribution in [0.3, 0.4) is 0 Å². The molecule has 1 rings (SSSR count). The van der Waals surface area contributed by atoms with Gasteiger partial charge in [-0.05, 0) is 31.6 Å². The summed E-state index contributed by atoms with van der Waals surface area (Å²) in [6.45, 7) is 6.00. The van der Waals surface area contributed by atoms with Crippen LogP contribution in [0.2, 0.25) is 0 Å². The number of carbonyl (C=O) groups is 1. The average Bonchev–Trinajstić information content (AvgIpc) is 2.27. The largest absolute Gasteiger partial charge is 0.382 e. The predicted molar refractivity (Wildman–Crippen MR) is 61.7 cm³/mol. The first-order valence-electron chi connectivity index (χ1n) is 6.30. The smallest absolute Gasteiger partial charge is 0.167 e. The van der Waals surface area contributed by atoms with Crippen molar-refractivity contribution in [3.8, 4) is 0 Å². The molecule has 1 saturated carbocycles. The lowest BCUT2D eigenvalue weighted by molar-refractivity contribution is -0.144. The van der Waals surface area contributed by atoms with Gasteiger partial charge in [0.1, 0.15) is 5.60 Å². The van der Waals surface area contributed by atoms with Crippen LogP contribution < -0.4 is 0 Å². The molecule has 0 aromatic rings. The molecule has 0 saturated heterocycles. The molecule has 2 atom stereocenters. The number of hydrogen-bond donors (Lipinski definition) is 1. The minimum Gasteiger partial charge on any atom is -0.382 e. The molecule has 0 heterocycles. The summed E-state index contributed by atoms with van der Waals surface area (Å²) in [5, 5.41) is 10.2. The van der Waals surface area contributed by atoms with Crippen LogP contribution in [0.1, 0.15) is 59.3 Å². The fourth-order valence-corrected chi connectivity index (χ4v) is 2.65. The maximum absolute atomic E-state index is 12.2. The van der Waals surface area contributed by atoms with Crippen molar-refractivity contribution in [3.05, 3.63) is 0 Å². The number of aliphatic hydroxyl groups is 1. The van der Waals surface area contributed by atoms with E-state index in [4.69, 9.17) is 0 Å². The minimum atomic E-state index is -1.05. The summed E-state index contributed by atoms with van der Waals surface area (Å²) in [5.41, 5.74) is -1.05. The number of ketones is 1. The van der Waals surface area contributed by atoms with Gasteiger partial charge in [0, 0.05) is 5.92 Å². The molecule has 1 aliphatic carbocycles. The predicted octanol–water partition coefficient (Wildman–Crippen LogP) is 2.93. The van der Waals surface area contributed by atoms with Crippen molar-refractivity contribution in [2.75, 3.05) is 0 Å². The zero-order valence-corrected chi connectivity index (χ0v) is 10.3. The van der Waals surface area contributed by atoms with Crippen LogP contribution >= 0.6 is 0 Å². The lowest BCUT2D eigenvalue weighted by atomic mass is 9.74. The third-order valence-electron chi connectivity index (χ3n) is 3.94. The number of carbonyl (C=O) groups excluding carboxylic acids is 1. The molecule has 15 heavy (non-hydrogen) atoms. The zero-order chi connectivity index (χ0) is 11.5. The summed E-state index contributed by atoms with van der Waals surface area (Å²) in [6.07, 6.45) is 5.43. The van der Waals surface area contributed by atoms with Crippen molar-refractivity contribution in [1.29, 1.82) is 0 Å². The van der Waals surface area contributed by atoms with Crippen LogP contribution in [0.15, 0.2) is 0 Å². The van der Waals surface area contributed by atoms with Crippen LogP contribution in [0.25, 0.3) is 0 Å². The van der Waals surface area contributed by atoms with Crippen LogP contribution in [0.4, 0.5) is 0 Å². The van der Waals surface area contributed by atoms with Gasteiger partial charge in [0.05, 0.1) is 0 Å². The van der Waals surface area contributed by atoms with Gasteiger partial charge in [-0.2, -0.15) is 0 Å². The van der Waals surface area contributed by atoms with Gasteiger partial charge in [-0.25, -0.2) is 0 Å². The molecule has 1 fully saturated rings. The summed E-state index contributed by atoms with van der Waals surface area (Å²) in [6, 6.07) is 0. The molecule has 2 nitrogen and oxygen atoms in total. The van der Waals surface area contributed by atoms with Gasteiger partial charge >= 0.3 is 0 Å². The molecule has 1 aliphatic rings. The van der Waals surface area contributed by atoms with Gasteiger partial charge in [0.2, 0.25) is 0 Å². The van der Waals surface area contributed by atoms with E-state index in [0.717, 1.165) is 19.3 Å². The van der Waals surface area contributed by atoms with E-state index in [0.29, 0.717) is 18.8 Å². The Bertz CT molecular complexity index is 219. The number of Topliss-reactive ketones (excluding diaryl/α,β-unsaturated/α-hetero) is 1. The molecule has 0 radical (unpaired) electrons. The van der Waals surface area contributed by atoms with Crippen molar-refractivity contribution in [3.63, 3.8) is 0 Å². The SMILES string of the molecule is CCC(O)(CC)C(=O)C1CCCC(C)C1. The summed E-state index contributed by atoms with van der Waals surface area (Å²) in [7, 11) is 0. The van der Waals surface area contributed by atoms with Gasteiger partial charge in [-0.1, -0.05) is 33.6 Å². The lowest BCUT2D eigenvalue weighted by Gasteiger charge is -2.32. The second-order valence-electron chi connectivity index (χ2n) is 5.07. The molecule has 0 aromatic heterocycles. The third-order valence-corrected chi connectivity index (χ3v) is 3.94. The summed E-state index contributed by atoms with van der Waals surface area (Å²) in [5.74, 6) is 0.850. The van der Waals surface area contributed by atoms with E-state index in [9.17, 15) is 9.90 Å². The van der Waals surface area contributed by atoms with E-state index in [1.807, 2.05) is 13.8 Å². The molecule has 88 valence electrons. The van der Waals surface area contributed by atoms with E-state index < -0.39 is 5.60 Å². The Balaban J connectivity index is 2.66. The molecular weight excluding hydrogens is 188 g/mol. The molecule has 0 spiro atoms. The monoisotopic (exact) mass is 212 g/mol. The molecule has 0 aliphatic heterocycles. The molecule has 1 N–H and O–H groups in total. The molecular formula is C13H24O2. The van der Waals surface area contributed by atoms with E-state index in [1.165, 1.54) is 6.42 Å². The molecule has 0 bridgehead atoms. The Morgan fingerprint density at radius 2 is 1.93 bits per heavy atom. The van der Waals surface area contributed by atoms with Crippen molar-refractivity contribution < 1.29 is 9.90 Å². The standard InChI is InChI=1S/C13H24O2/c1-4-13(15,5-2)12(14)11-8-6-7-10(3)9-11/h10-11,15H,4-9H2,1-3H3. The highest BCUT2D eigenvalue weighted by molar-refractivity contribution is 5.89. The van der Waals surface area contributed by atoms with Crippen molar-refractivity contribution in [2.24, 2.45) is 11.8 Å². The fraction of sp³-hybridized carbons (Fsp3) is 0.923. The first kappa shape index (κ1) is 12.7. The van der Waals surface area contributed by atoms with Crippen LogP contribution in [-0.4, -0.2) is 16.5 Å². The zero-order valence-electron chi connectivity index (χ0n) is 10.3. The molecule has 0 amide bonds. The van der Waals surface area contributed by atoms with Crippen molar-refractivity contribution >= 4 is 5.78 Å². The Hall–Kier alpha value is -0.370.